The van der Waals surface area contributed by atoms with Crippen molar-refractivity contribution in [2.45, 2.75) is 64.0 Å². The van der Waals surface area contributed by atoms with Crippen molar-refractivity contribution in [3.8, 4) is 0 Å². The number of amides is 2. The van der Waals surface area contributed by atoms with Gasteiger partial charge in [0.25, 0.3) is 0 Å². The minimum Gasteiger partial charge on any atom is -0.444 e. The average molecular weight is 511 g/mol. The second-order valence-electron chi connectivity index (χ2n) is 11.2. The monoisotopic (exact) mass is 509 g/mol. The molecule has 34 heavy (non-hydrogen) atoms. The fraction of sp³-hybridized carbons (Fsp3) is 0.692. The molecule has 6 nitrogen and oxygen atoms in total. The van der Waals surface area contributed by atoms with Gasteiger partial charge in [-0.25, -0.2) is 4.79 Å². The van der Waals surface area contributed by atoms with E-state index in [-0.39, 0.29) is 29.9 Å². The van der Waals surface area contributed by atoms with Crippen LogP contribution in [-0.4, -0.2) is 78.1 Å². The minimum atomic E-state index is -0.590. The highest BCUT2D eigenvalue weighted by atomic mass is 35.5. The van der Waals surface area contributed by atoms with Gasteiger partial charge in [0.15, 0.2) is 0 Å². The molecule has 2 amide bonds. The summed E-state index contributed by atoms with van der Waals surface area (Å²) in [6.45, 7) is 9.79. The summed E-state index contributed by atoms with van der Waals surface area (Å²) in [7, 11) is 1.76. The third-order valence-electron chi connectivity index (χ3n) is 7.30. The number of hydrogen-bond acceptors (Lipinski definition) is 4. The molecule has 0 unspecified atom stereocenters. The molecule has 8 heteroatoms. The Labute approximate surface area is 213 Å². The fourth-order valence-corrected chi connectivity index (χ4v) is 5.49. The Morgan fingerprint density at radius 3 is 2.32 bits per heavy atom. The third-order valence-corrected chi connectivity index (χ3v) is 8.04. The van der Waals surface area contributed by atoms with Crippen LogP contribution in [0, 0.1) is 11.8 Å². The molecule has 1 aromatic carbocycles. The van der Waals surface area contributed by atoms with Gasteiger partial charge in [-0.15, -0.1) is 0 Å². The maximum Gasteiger partial charge on any atom is 0.410 e. The minimum absolute atomic E-state index is 0.0514. The summed E-state index contributed by atoms with van der Waals surface area (Å²) in [5.41, 5.74) is 0.386. The molecule has 3 fully saturated rings. The van der Waals surface area contributed by atoms with Crippen LogP contribution in [-0.2, 0) is 9.53 Å². The molecule has 2 aliphatic heterocycles. The Hall–Kier alpha value is -1.50. The average Bonchev–Trinajstić information content (AvgIpc) is 3.48. The van der Waals surface area contributed by atoms with E-state index in [0.717, 1.165) is 37.4 Å². The Morgan fingerprint density at radius 2 is 1.74 bits per heavy atom. The second kappa shape index (κ2) is 10.2. The first kappa shape index (κ1) is 25.6. The summed E-state index contributed by atoms with van der Waals surface area (Å²) in [5, 5.41) is 0.969. The lowest BCUT2D eigenvalue weighted by Crippen LogP contribution is -2.45. The van der Waals surface area contributed by atoms with E-state index in [0.29, 0.717) is 23.1 Å². The van der Waals surface area contributed by atoms with Gasteiger partial charge >= 0.3 is 6.09 Å². The lowest BCUT2D eigenvalue weighted by Gasteiger charge is -2.33. The van der Waals surface area contributed by atoms with Crippen molar-refractivity contribution in [1.29, 1.82) is 0 Å². The maximum absolute atomic E-state index is 13.5. The van der Waals surface area contributed by atoms with Crippen LogP contribution in [0.25, 0.3) is 0 Å². The molecule has 0 bridgehead atoms. The summed E-state index contributed by atoms with van der Waals surface area (Å²) in [4.78, 5) is 32.5. The number of piperidine rings is 1. The fourth-order valence-electron chi connectivity index (χ4n) is 5.19. The van der Waals surface area contributed by atoms with Crippen LogP contribution in [0.5, 0.6) is 0 Å². The number of likely N-dealkylation sites (N-methyl/N-ethyl adjacent to an activating group) is 1. The zero-order valence-corrected chi connectivity index (χ0v) is 22.2. The van der Waals surface area contributed by atoms with Crippen molar-refractivity contribution in [3.05, 3.63) is 33.8 Å². The highest BCUT2D eigenvalue weighted by Crippen LogP contribution is 2.36. The molecule has 1 saturated carbocycles. The van der Waals surface area contributed by atoms with Crippen molar-refractivity contribution in [1.82, 2.24) is 14.7 Å². The molecule has 2 heterocycles. The molecule has 4 rings (SSSR count). The quantitative estimate of drug-likeness (QED) is 0.541. The highest BCUT2D eigenvalue weighted by Gasteiger charge is 2.43. The number of carbonyl (C=O) groups excluding carboxylic acids is 2. The zero-order chi connectivity index (χ0) is 24.6. The second-order valence-corrected chi connectivity index (χ2v) is 12.0. The first-order chi connectivity index (χ1) is 16.0. The first-order valence-corrected chi connectivity index (χ1v) is 13.2. The van der Waals surface area contributed by atoms with E-state index in [1.54, 1.807) is 18.0 Å². The van der Waals surface area contributed by atoms with Crippen molar-refractivity contribution in [2.75, 3.05) is 39.8 Å². The van der Waals surface area contributed by atoms with E-state index in [1.165, 1.54) is 19.4 Å². The van der Waals surface area contributed by atoms with Gasteiger partial charge in [0.05, 0.1) is 16.1 Å². The first-order valence-electron chi connectivity index (χ1n) is 12.4. The summed E-state index contributed by atoms with van der Waals surface area (Å²) in [5.74, 6) is 1.07. The lowest BCUT2D eigenvalue weighted by molar-refractivity contribution is -0.136. The van der Waals surface area contributed by atoms with Crippen LogP contribution in [0.1, 0.15) is 57.9 Å². The highest BCUT2D eigenvalue weighted by molar-refractivity contribution is 6.42. The van der Waals surface area contributed by atoms with Crippen LogP contribution in [0.15, 0.2) is 18.2 Å². The molecule has 1 aromatic rings. The number of halogens is 2. The van der Waals surface area contributed by atoms with E-state index >= 15 is 0 Å². The molecule has 0 N–H and O–H groups in total. The summed E-state index contributed by atoms with van der Waals surface area (Å²) >= 11 is 12.5. The number of hydrogen-bond donors (Lipinski definition) is 0. The molecular formula is C26H37Cl2N3O3. The van der Waals surface area contributed by atoms with Gasteiger partial charge in [0, 0.05) is 38.5 Å². The third kappa shape index (κ3) is 6.19. The Morgan fingerprint density at radius 1 is 1.06 bits per heavy atom. The van der Waals surface area contributed by atoms with Crippen molar-refractivity contribution in [2.24, 2.45) is 11.8 Å². The van der Waals surface area contributed by atoms with E-state index in [4.69, 9.17) is 27.9 Å². The number of nitrogens with zero attached hydrogens (tertiary/aromatic N) is 3. The van der Waals surface area contributed by atoms with E-state index in [9.17, 15) is 9.59 Å². The van der Waals surface area contributed by atoms with Gasteiger partial charge in [0.2, 0.25) is 5.91 Å². The molecule has 2 saturated heterocycles. The van der Waals surface area contributed by atoms with Gasteiger partial charge in [-0.1, -0.05) is 29.3 Å². The SMILES string of the molecule is CN(C(=O)OC(C)(C)C)[C@H]1CN(C(=O)C2CCN(CC3CC3)CC2)C[C@@H]1c1ccc(Cl)c(Cl)c1. The molecule has 1 aliphatic carbocycles. The Balaban J connectivity index is 1.48. The molecule has 3 aliphatic rings. The Bertz CT molecular complexity index is 907. The predicted molar refractivity (Wildman–Crippen MR) is 135 cm³/mol. The van der Waals surface area contributed by atoms with Gasteiger partial charge in [0.1, 0.15) is 5.60 Å². The van der Waals surface area contributed by atoms with Crippen LogP contribution in [0.2, 0.25) is 10.0 Å². The molecule has 2 atom stereocenters. The summed E-state index contributed by atoms with van der Waals surface area (Å²) < 4.78 is 5.63. The van der Waals surface area contributed by atoms with Crippen LogP contribution < -0.4 is 0 Å². The van der Waals surface area contributed by atoms with Gasteiger partial charge in [-0.05, 0) is 83.2 Å². The number of rotatable bonds is 5. The van der Waals surface area contributed by atoms with E-state index in [1.807, 2.05) is 37.8 Å². The maximum atomic E-state index is 13.5. The number of carbonyl (C=O) groups is 2. The molecule has 188 valence electrons. The van der Waals surface area contributed by atoms with E-state index < -0.39 is 5.60 Å². The van der Waals surface area contributed by atoms with Crippen LogP contribution in [0.3, 0.4) is 0 Å². The standard InChI is InChI=1S/C26H37Cl2N3O3/c1-26(2,3)34-25(33)29(4)23-16-31(15-20(23)19-7-8-21(27)22(28)13-19)24(32)18-9-11-30(12-10-18)14-17-5-6-17/h7-8,13,17-18,20,23H,5-6,9-12,14-16H2,1-4H3/t20-,23+/m1/s1. The number of likely N-dealkylation sites (tertiary alicyclic amines) is 2. The largest absolute Gasteiger partial charge is 0.444 e. The van der Waals surface area contributed by atoms with Crippen molar-refractivity contribution >= 4 is 35.2 Å². The number of ether oxygens (including phenoxy) is 1. The number of benzene rings is 1. The molecule has 0 aromatic heterocycles. The van der Waals surface area contributed by atoms with Gasteiger partial charge < -0.3 is 19.4 Å². The van der Waals surface area contributed by atoms with Crippen LogP contribution >= 0.6 is 23.2 Å². The summed E-state index contributed by atoms with van der Waals surface area (Å²) in [6, 6.07) is 5.38. The Kier molecular flexibility index (Phi) is 7.70. The molecule has 0 radical (unpaired) electrons. The van der Waals surface area contributed by atoms with Gasteiger partial charge in [-0.2, -0.15) is 0 Å². The van der Waals surface area contributed by atoms with Crippen molar-refractivity contribution < 1.29 is 14.3 Å². The predicted octanol–water partition coefficient (Wildman–Crippen LogP) is 5.28. The van der Waals surface area contributed by atoms with Crippen LogP contribution in [0.4, 0.5) is 4.79 Å². The zero-order valence-electron chi connectivity index (χ0n) is 20.7. The topological polar surface area (TPSA) is 53.1 Å². The summed E-state index contributed by atoms with van der Waals surface area (Å²) in [6.07, 6.45) is 4.15. The lowest BCUT2D eigenvalue weighted by atomic mass is 9.93. The van der Waals surface area contributed by atoms with Gasteiger partial charge in [-0.3, -0.25) is 4.79 Å². The molecule has 0 spiro atoms. The van der Waals surface area contributed by atoms with Crippen molar-refractivity contribution in [3.63, 3.8) is 0 Å². The smallest absolute Gasteiger partial charge is 0.410 e. The normalized spacial score (nSPS) is 24.4. The van der Waals surface area contributed by atoms with E-state index in [2.05, 4.69) is 4.90 Å². The molecular weight excluding hydrogens is 473 g/mol.